The van der Waals surface area contributed by atoms with E-state index in [1.807, 2.05) is 6.07 Å². The van der Waals surface area contributed by atoms with Crippen LogP contribution in [-0.4, -0.2) is 13.2 Å². The fraction of sp³-hybridized carbons (Fsp3) is 0.133. The highest BCUT2D eigenvalue weighted by molar-refractivity contribution is 5.45. The van der Waals surface area contributed by atoms with Crippen molar-refractivity contribution in [3.63, 3.8) is 0 Å². The minimum absolute atomic E-state index is 0.127. The third-order valence-corrected chi connectivity index (χ3v) is 2.70. The second kappa shape index (κ2) is 6.66. The van der Waals surface area contributed by atoms with E-state index in [1.54, 1.807) is 24.3 Å². The first-order valence-electron chi connectivity index (χ1n) is 6.12. The molecule has 21 heavy (non-hydrogen) atoms. The molecule has 0 aromatic heterocycles. The van der Waals surface area contributed by atoms with Gasteiger partial charge in [0.15, 0.2) is 17.5 Å². The Morgan fingerprint density at radius 1 is 1.00 bits per heavy atom. The van der Waals surface area contributed by atoms with Gasteiger partial charge in [-0.25, -0.2) is 13.2 Å². The highest BCUT2D eigenvalue weighted by Gasteiger charge is 2.12. The van der Waals surface area contributed by atoms with Gasteiger partial charge in [-0.3, -0.25) is 0 Å². The van der Waals surface area contributed by atoms with Gasteiger partial charge in [0.05, 0.1) is 17.3 Å². The summed E-state index contributed by atoms with van der Waals surface area (Å²) in [5.74, 6) is -3.44. The summed E-state index contributed by atoms with van der Waals surface area (Å²) in [6, 6.07) is 10.4. The predicted octanol–water partition coefficient (Wildman–Crippen LogP) is 3.47. The van der Waals surface area contributed by atoms with Gasteiger partial charge in [-0.15, -0.1) is 0 Å². The first-order chi connectivity index (χ1) is 10.1. The highest BCUT2D eigenvalue weighted by Crippen LogP contribution is 2.19. The lowest BCUT2D eigenvalue weighted by atomic mass is 10.2. The summed E-state index contributed by atoms with van der Waals surface area (Å²) in [5, 5.41) is 11.3. The third-order valence-electron chi connectivity index (χ3n) is 2.70. The van der Waals surface area contributed by atoms with Crippen LogP contribution in [0.1, 0.15) is 5.56 Å². The molecule has 0 amide bonds. The summed E-state index contributed by atoms with van der Waals surface area (Å²) >= 11 is 0. The Bertz CT molecular complexity index is 666. The Balaban J connectivity index is 1.85. The Morgan fingerprint density at radius 2 is 1.71 bits per heavy atom. The molecule has 2 aromatic rings. The number of nitrogens with one attached hydrogen (secondary N) is 1. The molecule has 108 valence electrons. The zero-order valence-corrected chi connectivity index (χ0v) is 10.9. The Labute approximate surface area is 119 Å². The second-order valence-electron chi connectivity index (χ2n) is 4.13. The molecule has 3 nitrogen and oxygen atoms in total. The molecule has 0 aliphatic heterocycles. The number of hydrogen-bond acceptors (Lipinski definition) is 3. The molecule has 2 rings (SSSR count). The molecule has 0 atom stereocenters. The molecule has 0 heterocycles. The van der Waals surface area contributed by atoms with Crippen molar-refractivity contribution in [2.45, 2.75) is 0 Å². The van der Waals surface area contributed by atoms with E-state index in [9.17, 15) is 13.2 Å². The first kappa shape index (κ1) is 14.7. The standard InChI is InChI=1S/C15H11F3N2O/c16-12-5-6-13(15(18)14(12)17)20-7-8-21-11-3-1-10(9-19)2-4-11/h1-6,20H,7-8H2. The first-order valence-corrected chi connectivity index (χ1v) is 6.12. The molecular weight excluding hydrogens is 281 g/mol. The summed E-state index contributed by atoms with van der Waals surface area (Å²) in [7, 11) is 0. The Kier molecular flexibility index (Phi) is 4.67. The number of ether oxygens (including phenoxy) is 1. The van der Waals surface area contributed by atoms with Crippen LogP contribution in [0, 0.1) is 28.8 Å². The van der Waals surface area contributed by atoms with Crippen LogP contribution < -0.4 is 10.1 Å². The van der Waals surface area contributed by atoms with Crippen LogP contribution in [-0.2, 0) is 0 Å². The van der Waals surface area contributed by atoms with Gasteiger partial charge in [0.2, 0.25) is 0 Å². The van der Waals surface area contributed by atoms with Crippen molar-refractivity contribution in [2.24, 2.45) is 0 Å². The van der Waals surface area contributed by atoms with Gasteiger partial charge in [0.1, 0.15) is 12.4 Å². The molecule has 6 heteroatoms. The van der Waals surface area contributed by atoms with E-state index in [2.05, 4.69) is 5.32 Å². The van der Waals surface area contributed by atoms with Gasteiger partial charge in [-0.1, -0.05) is 0 Å². The van der Waals surface area contributed by atoms with Gasteiger partial charge in [0.25, 0.3) is 0 Å². The van der Waals surface area contributed by atoms with Crippen molar-refractivity contribution in [1.82, 2.24) is 0 Å². The zero-order valence-electron chi connectivity index (χ0n) is 10.9. The van der Waals surface area contributed by atoms with Crippen molar-refractivity contribution < 1.29 is 17.9 Å². The Morgan fingerprint density at radius 3 is 2.38 bits per heavy atom. The van der Waals surface area contributed by atoms with Crippen LogP contribution >= 0.6 is 0 Å². The highest BCUT2D eigenvalue weighted by atomic mass is 19.2. The largest absolute Gasteiger partial charge is 0.492 e. The van der Waals surface area contributed by atoms with Gasteiger partial charge in [0, 0.05) is 6.54 Å². The van der Waals surface area contributed by atoms with E-state index in [0.717, 1.165) is 12.1 Å². The second-order valence-corrected chi connectivity index (χ2v) is 4.13. The maximum Gasteiger partial charge on any atom is 0.196 e. The quantitative estimate of drug-likeness (QED) is 0.678. The molecule has 0 spiro atoms. The molecule has 0 unspecified atom stereocenters. The van der Waals surface area contributed by atoms with Crippen molar-refractivity contribution in [3.8, 4) is 11.8 Å². The van der Waals surface area contributed by atoms with Crippen LogP contribution in [0.3, 0.4) is 0 Å². The van der Waals surface area contributed by atoms with Crippen molar-refractivity contribution in [1.29, 1.82) is 5.26 Å². The van der Waals surface area contributed by atoms with E-state index >= 15 is 0 Å². The molecule has 0 saturated heterocycles. The van der Waals surface area contributed by atoms with Gasteiger partial charge >= 0.3 is 0 Å². The molecule has 0 aliphatic carbocycles. The number of nitrogens with zero attached hydrogens (tertiary/aromatic N) is 1. The van der Waals surface area contributed by atoms with Crippen molar-refractivity contribution in [2.75, 3.05) is 18.5 Å². The number of hydrogen-bond donors (Lipinski definition) is 1. The molecule has 0 bridgehead atoms. The molecule has 2 aromatic carbocycles. The molecule has 0 fully saturated rings. The monoisotopic (exact) mass is 292 g/mol. The maximum atomic E-state index is 13.3. The molecule has 1 N–H and O–H groups in total. The van der Waals surface area contributed by atoms with E-state index in [-0.39, 0.29) is 18.8 Å². The fourth-order valence-corrected chi connectivity index (χ4v) is 1.64. The van der Waals surface area contributed by atoms with Crippen LogP contribution in [0.2, 0.25) is 0 Å². The fourth-order valence-electron chi connectivity index (χ4n) is 1.64. The van der Waals surface area contributed by atoms with Crippen LogP contribution in [0.15, 0.2) is 36.4 Å². The molecule has 0 radical (unpaired) electrons. The number of anilines is 1. The zero-order chi connectivity index (χ0) is 15.2. The average Bonchev–Trinajstić information content (AvgIpc) is 2.51. The molecule has 0 aliphatic rings. The van der Waals surface area contributed by atoms with Crippen LogP contribution in [0.5, 0.6) is 5.75 Å². The van der Waals surface area contributed by atoms with E-state index in [0.29, 0.717) is 11.3 Å². The van der Waals surface area contributed by atoms with E-state index < -0.39 is 17.5 Å². The Hall–Kier alpha value is -2.68. The third kappa shape index (κ3) is 3.66. The smallest absolute Gasteiger partial charge is 0.196 e. The molecule has 0 saturated carbocycles. The van der Waals surface area contributed by atoms with Crippen LogP contribution in [0.25, 0.3) is 0 Å². The lowest BCUT2D eigenvalue weighted by molar-refractivity contribution is 0.332. The van der Waals surface area contributed by atoms with Gasteiger partial charge < -0.3 is 10.1 Å². The summed E-state index contributed by atoms with van der Waals surface area (Å²) in [6.07, 6.45) is 0. The number of rotatable bonds is 5. The van der Waals surface area contributed by atoms with E-state index in [1.165, 1.54) is 0 Å². The SMILES string of the molecule is N#Cc1ccc(OCCNc2ccc(F)c(F)c2F)cc1. The summed E-state index contributed by atoms with van der Waals surface area (Å²) in [6.45, 7) is 0.409. The van der Waals surface area contributed by atoms with Gasteiger partial charge in [-0.05, 0) is 36.4 Å². The number of nitriles is 1. The normalized spacial score (nSPS) is 10.0. The van der Waals surface area contributed by atoms with Crippen molar-refractivity contribution >= 4 is 5.69 Å². The number of benzene rings is 2. The summed E-state index contributed by atoms with van der Waals surface area (Å²) in [4.78, 5) is 0. The number of halogens is 3. The van der Waals surface area contributed by atoms with E-state index in [4.69, 9.17) is 10.00 Å². The lowest BCUT2D eigenvalue weighted by Gasteiger charge is -2.10. The summed E-state index contributed by atoms with van der Waals surface area (Å²) < 4.78 is 44.4. The van der Waals surface area contributed by atoms with Crippen LogP contribution in [0.4, 0.5) is 18.9 Å². The van der Waals surface area contributed by atoms with Gasteiger partial charge in [-0.2, -0.15) is 5.26 Å². The minimum atomic E-state index is -1.51. The maximum absolute atomic E-state index is 13.3. The molecular formula is C15H11F3N2O. The lowest BCUT2D eigenvalue weighted by Crippen LogP contribution is -2.13. The predicted molar refractivity (Wildman–Crippen MR) is 71.5 cm³/mol. The average molecular weight is 292 g/mol. The van der Waals surface area contributed by atoms with Crippen molar-refractivity contribution in [3.05, 3.63) is 59.4 Å². The topological polar surface area (TPSA) is 45.0 Å². The summed E-state index contributed by atoms with van der Waals surface area (Å²) in [5.41, 5.74) is 0.390. The minimum Gasteiger partial charge on any atom is -0.492 e.